The van der Waals surface area contributed by atoms with Gasteiger partial charge in [0.05, 0.1) is 0 Å². The number of benzene rings is 1. The molecule has 0 aliphatic carbocycles. The lowest BCUT2D eigenvalue weighted by atomic mass is 9.95. The van der Waals surface area contributed by atoms with Gasteiger partial charge in [-0.3, -0.25) is 0 Å². The van der Waals surface area contributed by atoms with Crippen molar-refractivity contribution < 1.29 is 4.79 Å². The molecule has 0 saturated carbocycles. The second-order valence-corrected chi connectivity index (χ2v) is 4.15. The Bertz CT molecular complexity index is 345. The molecule has 16 heavy (non-hydrogen) atoms. The van der Waals surface area contributed by atoms with Crippen molar-refractivity contribution in [2.75, 3.05) is 6.54 Å². The van der Waals surface area contributed by atoms with Gasteiger partial charge in [0.1, 0.15) is 0 Å². The Balaban J connectivity index is 1.88. The van der Waals surface area contributed by atoms with E-state index < -0.39 is 6.03 Å². The molecule has 1 heterocycles. The summed E-state index contributed by atoms with van der Waals surface area (Å²) in [7, 11) is 0. The third kappa shape index (κ3) is 2.73. The van der Waals surface area contributed by atoms with Crippen LogP contribution in [0.15, 0.2) is 30.3 Å². The number of rotatable bonds is 2. The summed E-state index contributed by atoms with van der Waals surface area (Å²) in [6.45, 7) is 0.780. The number of carbonyl (C=O) groups excluding carboxylic acids is 1. The third-order valence-corrected chi connectivity index (χ3v) is 2.96. The van der Waals surface area contributed by atoms with Crippen molar-refractivity contribution in [2.45, 2.75) is 24.9 Å². The van der Waals surface area contributed by atoms with Gasteiger partial charge in [0.25, 0.3) is 0 Å². The van der Waals surface area contributed by atoms with Crippen LogP contribution in [0.2, 0.25) is 0 Å². The predicted octanol–water partition coefficient (Wildman–Crippen LogP) is 1.15. The van der Waals surface area contributed by atoms with Crippen molar-refractivity contribution in [1.82, 2.24) is 10.6 Å². The number of nitrogens with one attached hydrogen (secondary N) is 2. The summed E-state index contributed by atoms with van der Waals surface area (Å²) in [5.41, 5.74) is 6.40. The van der Waals surface area contributed by atoms with Crippen LogP contribution in [0.4, 0.5) is 4.79 Å². The normalized spacial score (nSPS) is 25.0. The Hall–Kier alpha value is -1.55. The zero-order chi connectivity index (χ0) is 11.4. The van der Waals surface area contributed by atoms with Gasteiger partial charge in [-0.25, -0.2) is 4.79 Å². The van der Waals surface area contributed by atoms with Crippen LogP contribution in [0.3, 0.4) is 0 Å². The molecule has 1 aliphatic rings. The zero-order valence-electron chi connectivity index (χ0n) is 9.15. The number of hydrogen-bond donors (Lipinski definition) is 3. The topological polar surface area (TPSA) is 67.2 Å². The maximum absolute atomic E-state index is 10.7. The Kier molecular flexibility index (Phi) is 3.41. The summed E-state index contributed by atoms with van der Waals surface area (Å²) in [5, 5.41) is 6.15. The van der Waals surface area contributed by atoms with Crippen LogP contribution in [-0.2, 0) is 0 Å². The quantitative estimate of drug-likeness (QED) is 0.698. The van der Waals surface area contributed by atoms with Gasteiger partial charge in [-0.1, -0.05) is 30.3 Å². The maximum atomic E-state index is 10.7. The summed E-state index contributed by atoms with van der Waals surface area (Å²) >= 11 is 0. The van der Waals surface area contributed by atoms with Gasteiger partial charge in [0.15, 0.2) is 0 Å². The van der Waals surface area contributed by atoms with Crippen LogP contribution in [0.1, 0.15) is 24.4 Å². The first-order valence-electron chi connectivity index (χ1n) is 5.60. The standard InChI is InChI=1S/C12H17N3O/c13-12(16)15-10-6-7-11(14-8-10)9-4-2-1-3-5-9/h1-5,10-11,14H,6-8H2,(H3,13,15,16). The van der Waals surface area contributed by atoms with E-state index in [1.54, 1.807) is 0 Å². The van der Waals surface area contributed by atoms with Crippen molar-refractivity contribution in [3.05, 3.63) is 35.9 Å². The van der Waals surface area contributed by atoms with Gasteiger partial charge in [0, 0.05) is 18.6 Å². The highest BCUT2D eigenvalue weighted by molar-refractivity contribution is 5.72. The molecule has 86 valence electrons. The molecular weight excluding hydrogens is 202 g/mol. The van der Waals surface area contributed by atoms with E-state index in [0.29, 0.717) is 6.04 Å². The molecule has 0 radical (unpaired) electrons. The first-order valence-corrected chi connectivity index (χ1v) is 5.60. The first-order chi connectivity index (χ1) is 7.75. The molecule has 2 rings (SSSR count). The van der Waals surface area contributed by atoms with Crippen molar-refractivity contribution in [3.8, 4) is 0 Å². The minimum Gasteiger partial charge on any atom is -0.352 e. The Morgan fingerprint density at radius 1 is 1.31 bits per heavy atom. The van der Waals surface area contributed by atoms with Gasteiger partial charge in [-0.05, 0) is 18.4 Å². The van der Waals surface area contributed by atoms with Gasteiger partial charge >= 0.3 is 6.03 Å². The average Bonchev–Trinajstić information content (AvgIpc) is 2.30. The van der Waals surface area contributed by atoms with Gasteiger partial charge < -0.3 is 16.4 Å². The molecule has 2 amide bonds. The fraction of sp³-hybridized carbons (Fsp3) is 0.417. The fourth-order valence-corrected chi connectivity index (χ4v) is 2.15. The van der Waals surface area contributed by atoms with E-state index in [4.69, 9.17) is 5.73 Å². The van der Waals surface area contributed by atoms with Crippen LogP contribution in [0.25, 0.3) is 0 Å². The summed E-state index contributed by atoms with van der Waals surface area (Å²) in [5.74, 6) is 0. The maximum Gasteiger partial charge on any atom is 0.312 e. The third-order valence-electron chi connectivity index (χ3n) is 2.96. The highest BCUT2D eigenvalue weighted by Crippen LogP contribution is 2.22. The summed E-state index contributed by atoms with van der Waals surface area (Å²) in [4.78, 5) is 10.7. The lowest BCUT2D eigenvalue weighted by molar-refractivity contribution is 0.239. The number of urea groups is 1. The number of hydrogen-bond acceptors (Lipinski definition) is 2. The lowest BCUT2D eigenvalue weighted by Crippen LogP contribution is -2.48. The molecule has 1 aliphatic heterocycles. The van der Waals surface area contributed by atoms with E-state index >= 15 is 0 Å². The van der Waals surface area contributed by atoms with Gasteiger partial charge in [-0.2, -0.15) is 0 Å². The average molecular weight is 219 g/mol. The van der Waals surface area contributed by atoms with E-state index in [0.717, 1.165) is 19.4 Å². The monoisotopic (exact) mass is 219 g/mol. The Morgan fingerprint density at radius 2 is 2.06 bits per heavy atom. The van der Waals surface area contributed by atoms with E-state index in [2.05, 4.69) is 22.8 Å². The molecule has 4 nitrogen and oxygen atoms in total. The molecule has 1 aromatic rings. The fourth-order valence-electron chi connectivity index (χ4n) is 2.15. The molecule has 0 aromatic heterocycles. The smallest absolute Gasteiger partial charge is 0.312 e. The van der Waals surface area contributed by atoms with Crippen LogP contribution in [-0.4, -0.2) is 18.6 Å². The van der Waals surface area contributed by atoms with Crippen molar-refractivity contribution in [1.29, 1.82) is 0 Å². The van der Waals surface area contributed by atoms with E-state index in [1.807, 2.05) is 18.2 Å². The van der Waals surface area contributed by atoms with Gasteiger partial charge in [-0.15, -0.1) is 0 Å². The Labute approximate surface area is 95.2 Å². The molecule has 4 N–H and O–H groups in total. The zero-order valence-corrected chi connectivity index (χ0v) is 9.15. The Morgan fingerprint density at radius 3 is 2.62 bits per heavy atom. The highest BCUT2D eigenvalue weighted by Gasteiger charge is 2.21. The number of carbonyl (C=O) groups is 1. The molecule has 0 bridgehead atoms. The summed E-state index contributed by atoms with van der Waals surface area (Å²) < 4.78 is 0. The van der Waals surface area contributed by atoms with E-state index in [9.17, 15) is 4.79 Å². The van der Waals surface area contributed by atoms with Gasteiger partial charge in [0.2, 0.25) is 0 Å². The molecule has 1 aromatic carbocycles. The SMILES string of the molecule is NC(=O)NC1CCC(c2ccccc2)NC1. The van der Waals surface area contributed by atoms with Crippen molar-refractivity contribution in [3.63, 3.8) is 0 Å². The minimum atomic E-state index is -0.440. The minimum absolute atomic E-state index is 0.164. The largest absolute Gasteiger partial charge is 0.352 e. The molecule has 0 spiro atoms. The first kappa shape index (κ1) is 11.0. The number of primary amides is 1. The second kappa shape index (κ2) is 4.99. The van der Waals surface area contributed by atoms with Crippen molar-refractivity contribution >= 4 is 6.03 Å². The molecule has 4 heteroatoms. The summed E-state index contributed by atoms with van der Waals surface area (Å²) in [6, 6.07) is 10.5. The number of piperidine rings is 1. The molecular formula is C12H17N3O. The summed E-state index contributed by atoms with van der Waals surface area (Å²) in [6.07, 6.45) is 1.99. The molecule has 2 unspecified atom stereocenters. The lowest BCUT2D eigenvalue weighted by Gasteiger charge is -2.30. The van der Waals surface area contributed by atoms with Crippen LogP contribution < -0.4 is 16.4 Å². The van der Waals surface area contributed by atoms with Crippen LogP contribution >= 0.6 is 0 Å². The van der Waals surface area contributed by atoms with Crippen LogP contribution in [0, 0.1) is 0 Å². The van der Waals surface area contributed by atoms with E-state index in [1.165, 1.54) is 5.56 Å². The number of amides is 2. The van der Waals surface area contributed by atoms with Crippen molar-refractivity contribution in [2.24, 2.45) is 5.73 Å². The molecule has 1 saturated heterocycles. The molecule has 2 atom stereocenters. The highest BCUT2D eigenvalue weighted by atomic mass is 16.2. The number of nitrogens with two attached hydrogens (primary N) is 1. The van der Waals surface area contributed by atoms with E-state index in [-0.39, 0.29) is 6.04 Å². The second-order valence-electron chi connectivity index (χ2n) is 4.15. The molecule has 1 fully saturated rings. The van der Waals surface area contributed by atoms with Crippen LogP contribution in [0.5, 0.6) is 0 Å². The predicted molar refractivity (Wildman–Crippen MR) is 62.9 cm³/mol.